The van der Waals surface area contributed by atoms with E-state index in [-0.39, 0.29) is 11.6 Å². The molecule has 1 aliphatic rings. The maximum absolute atomic E-state index is 11.9. The fourth-order valence-corrected chi connectivity index (χ4v) is 2.99. The quantitative estimate of drug-likeness (QED) is 0.625. The number of hydrogen-bond acceptors (Lipinski definition) is 3. The highest BCUT2D eigenvalue weighted by molar-refractivity contribution is 9.10. The number of carbonyl (C=O) groups is 2. The molecule has 3 amide bonds. The van der Waals surface area contributed by atoms with E-state index in [1.807, 2.05) is 43.3 Å². The number of ether oxygens (including phenoxy) is 1. The second-order valence-corrected chi connectivity index (χ2v) is 6.67. The zero-order valence-electron chi connectivity index (χ0n) is 13.9. The van der Waals surface area contributed by atoms with E-state index in [1.165, 1.54) is 12.6 Å². The summed E-state index contributed by atoms with van der Waals surface area (Å²) >= 11 is 3.49. The Hall–Kier alpha value is -2.60. The third kappa shape index (κ3) is 3.91. The van der Waals surface area contributed by atoms with E-state index in [2.05, 4.69) is 27.3 Å². The molecule has 3 rings (SSSR count). The number of aryl methyl sites for hydroxylation is 1. The number of carbonyl (C=O) groups excluding carboxylic acids is 2. The minimum absolute atomic E-state index is 0.257. The zero-order chi connectivity index (χ0) is 18.0. The summed E-state index contributed by atoms with van der Waals surface area (Å²) < 4.78 is 6.62. The Morgan fingerprint density at radius 2 is 2.00 bits per heavy atom. The summed E-state index contributed by atoms with van der Waals surface area (Å²) in [5.74, 6) is 0.364. The van der Waals surface area contributed by atoms with Gasteiger partial charge in [-0.1, -0.05) is 35.9 Å². The lowest BCUT2D eigenvalue weighted by Crippen LogP contribution is -2.25. The van der Waals surface area contributed by atoms with E-state index in [1.54, 1.807) is 6.08 Å². The SMILES string of the molecule is Cc1cccc(COc2ccc(C=C3NC(=O)N(C)C3=O)cc2Br)c1. The smallest absolute Gasteiger partial charge is 0.328 e. The molecule has 0 aliphatic carbocycles. The number of likely N-dealkylation sites (N-methyl/N-ethyl adjacent to an activating group) is 1. The molecule has 2 aromatic carbocycles. The third-order valence-electron chi connectivity index (χ3n) is 3.83. The second-order valence-electron chi connectivity index (χ2n) is 5.82. The van der Waals surface area contributed by atoms with Gasteiger partial charge >= 0.3 is 6.03 Å². The minimum Gasteiger partial charge on any atom is -0.488 e. The number of imide groups is 1. The highest BCUT2D eigenvalue weighted by Crippen LogP contribution is 2.28. The molecule has 0 bridgehead atoms. The van der Waals surface area contributed by atoms with Crippen molar-refractivity contribution in [2.24, 2.45) is 0 Å². The number of urea groups is 1. The van der Waals surface area contributed by atoms with Gasteiger partial charge in [0.05, 0.1) is 4.47 Å². The second kappa shape index (κ2) is 7.11. The number of amides is 3. The van der Waals surface area contributed by atoms with Crippen LogP contribution in [0, 0.1) is 6.92 Å². The topological polar surface area (TPSA) is 58.6 Å². The molecule has 1 fully saturated rings. The van der Waals surface area contributed by atoms with Gasteiger partial charge in [-0.05, 0) is 52.2 Å². The van der Waals surface area contributed by atoms with Crippen LogP contribution in [-0.4, -0.2) is 23.9 Å². The molecule has 6 heteroatoms. The van der Waals surface area contributed by atoms with Crippen LogP contribution in [0.2, 0.25) is 0 Å². The zero-order valence-corrected chi connectivity index (χ0v) is 15.5. The van der Waals surface area contributed by atoms with Gasteiger partial charge in [0.2, 0.25) is 0 Å². The number of rotatable bonds is 4. The number of halogens is 1. The van der Waals surface area contributed by atoms with E-state index in [9.17, 15) is 9.59 Å². The largest absolute Gasteiger partial charge is 0.488 e. The summed E-state index contributed by atoms with van der Waals surface area (Å²) in [6.07, 6.45) is 1.64. The molecule has 0 unspecified atom stereocenters. The molecule has 1 N–H and O–H groups in total. The number of benzene rings is 2. The van der Waals surface area contributed by atoms with Gasteiger partial charge in [0.25, 0.3) is 5.91 Å². The van der Waals surface area contributed by atoms with Gasteiger partial charge in [0.1, 0.15) is 18.1 Å². The van der Waals surface area contributed by atoms with Crippen LogP contribution in [0.5, 0.6) is 5.75 Å². The van der Waals surface area contributed by atoms with Gasteiger partial charge in [-0.25, -0.2) is 4.79 Å². The van der Waals surface area contributed by atoms with Gasteiger partial charge in [-0.3, -0.25) is 9.69 Å². The number of hydrogen-bond donors (Lipinski definition) is 1. The Morgan fingerprint density at radius 3 is 2.64 bits per heavy atom. The number of nitrogens with zero attached hydrogens (tertiary/aromatic N) is 1. The summed E-state index contributed by atoms with van der Waals surface area (Å²) in [6, 6.07) is 13.2. The lowest BCUT2D eigenvalue weighted by molar-refractivity contribution is -0.121. The van der Waals surface area contributed by atoms with Crippen molar-refractivity contribution in [1.29, 1.82) is 0 Å². The third-order valence-corrected chi connectivity index (χ3v) is 4.44. The average molecular weight is 401 g/mol. The Bertz CT molecular complexity index is 877. The molecule has 0 atom stereocenters. The van der Waals surface area contributed by atoms with Crippen molar-refractivity contribution < 1.29 is 14.3 Å². The van der Waals surface area contributed by atoms with Gasteiger partial charge < -0.3 is 10.1 Å². The first kappa shape index (κ1) is 17.2. The summed E-state index contributed by atoms with van der Waals surface area (Å²) in [6.45, 7) is 2.52. The first-order valence-electron chi connectivity index (χ1n) is 7.72. The fraction of sp³-hybridized carbons (Fsp3) is 0.158. The van der Waals surface area contributed by atoms with Crippen LogP contribution >= 0.6 is 15.9 Å². The molecular weight excluding hydrogens is 384 g/mol. The van der Waals surface area contributed by atoms with Crippen LogP contribution in [0.15, 0.2) is 52.6 Å². The van der Waals surface area contributed by atoms with E-state index in [0.29, 0.717) is 12.4 Å². The van der Waals surface area contributed by atoms with Crippen molar-refractivity contribution in [3.8, 4) is 5.75 Å². The predicted molar refractivity (Wildman–Crippen MR) is 98.9 cm³/mol. The number of nitrogens with one attached hydrogen (secondary N) is 1. The van der Waals surface area contributed by atoms with Crippen LogP contribution in [0.1, 0.15) is 16.7 Å². The molecule has 0 aromatic heterocycles. The van der Waals surface area contributed by atoms with Crippen molar-refractivity contribution in [3.63, 3.8) is 0 Å². The Labute approximate surface area is 154 Å². The molecule has 1 saturated heterocycles. The van der Waals surface area contributed by atoms with Crippen molar-refractivity contribution in [1.82, 2.24) is 10.2 Å². The van der Waals surface area contributed by atoms with Crippen LogP contribution in [0.4, 0.5) is 4.79 Å². The van der Waals surface area contributed by atoms with E-state index < -0.39 is 6.03 Å². The molecular formula is C19H17BrN2O3. The van der Waals surface area contributed by atoms with Gasteiger partial charge in [-0.2, -0.15) is 0 Å². The normalized spacial score (nSPS) is 15.6. The highest BCUT2D eigenvalue weighted by atomic mass is 79.9. The lowest BCUT2D eigenvalue weighted by atomic mass is 10.1. The van der Waals surface area contributed by atoms with Crippen LogP contribution in [-0.2, 0) is 11.4 Å². The van der Waals surface area contributed by atoms with E-state index in [4.69, 9.17) is 4.74 Å². The maximum atomic E-state index is 11.9. The molecule has 5 nitrogen and oxygen atoms in total. The van der Waals surface area contributed by atoms with Crippen LogP contribution < -0.4 is 10.1 Å². The maximum Gasteiger partial charge on any atom is 0.328 e. The standard InChI is InChI=1S/C19H17BrN2O3/c1-12-4-3-5-14(8-12)11-25-17-7-6-13(9-15(17)20)10-16-18(23)22(2)19(24)21-16/h3-10H,11H2,1-2H3,(H,21,24). The Morgan fingerprint density at radius 1 is 1.20 bits per heavy atom. The molecule has 25 heavy (non-hydrogen) atoms. The fourth-order valence-electron chi connectivity index (χ4n) is 2.48. The van der Waals surface area contributed by atoms with E-state index in [0.717, 1.165) is 20.5 Å². The van der Waals surface area contributed by atoms with Gasteiger partial charge in [0.15, 0.2) is 0 Å². The molecule has 1 heterocycles. The van der Waals surface area contributed by atoms with Crippen LogP contribution in [0.25, 0.3) is 6.08 Å². The van der Waals surface area contributed by atoms with Crippen molar-refractivity contribution in [2.75, 3.05) is 7.05 Å². The highest BCUT2D eigenvalue weighted by Gasteiger charge is 2.29. The van der Waals surface area contributed by atoms with Crippen molar-refractivity contribution in [2.45, 2.75) is 13.5 Å². The molecule has 128 valence electrons. The molecule has 1 aliphatic heterocycles. The monoisotopic (exact) mass is 400 g/mol. The first-order valence-corrected chi connectivity index (χ1v) is 8.52. The molecule has 2 aromatic rings. The van der Waals surface area contributed by atoms with Gasteiger partial charge in [-0.15, -0.1) is 0 Å². The summed E-state index contributed by atoms with van der Waals surface area (Å²) in [7, 11) is 1.44. The van der Waals surface area contributed by atoms with Crippen molar-refractivity contribution >= 4 is 33.9 Å². The van der Waals surface area contributed by atoms with Crippen molar-refractivity contribution in [3.05, 3.63) is 69.3 Å². The summed E-state index contributed by atoms with van der Waals surface area (Å²) in [5.41, 5.74) is 3.33. The van der Waals surface area contributed by atoms with Crippen LogP contribution in [0.3, 0.4) is 0 Å². The van der Waals surface area contributed by atoms with Gasteiger partial charge in [0, 0.05) is 7.05 Å². The lowest BCUT2D eigenvalue weighted by Gasteiger charge is -2.09. The Balaban J connectivity index is 1.73. The molecule has 0 spiro atoms. The Kier molecular flexibility index (Phi) is 4.90. The minimum atomic E-state index is -0.423. The summed E-state index contributed by atoms with van der Waals surface area (Å²) in [5, 5.41) is 2.54. The average Bonchev–Trinajstić information content (AvgIpc) is 2.81. The molecule has 0 saturated carbocycles. The summed E-state index contributed by atoms with van der Waals surface area (Å²) in [4.78, 5) is 24.4. The van der Waals surface area contributed by atoms with E-state index >= 15 is 0 Å². The first-order chi connectivity index (χ1) is 11.9. The predicted octanol–water partition coefficient (Wildman–Crippen LogP) is 3.86. The molecule has 0 radical (unpaired) electrons.